The Labute approximate surface area is 109 Å². The average molecular weight is 331 g/mol. The normalized spacial score (nSPS) is 19.9. The topological polar surface area (TPSA) is 45.2 Å². The summed E-state index contributed by atoms with van der Waals surface area (Å²) >= 11 is 2.15. The first-order valence-corrected chi connectivity index (χ1v) is 6.23. The van der Waals surface area contributed by atoms with Crippen LogP contribution in [0.1, 0.15) is 13.8 Å². The van der Waals surface area contributed by atoms with E-state index in [0.29, 0.717) is 13.1 Å². The van der Waals surface area contributed by atoms with E-state index < -0.39 is 0 Å². The number of hydrogen-bond acceptors (Lipinski definition) is 3. The van der Waals surface area contributed by atoms with Gasteiger partial charge in [-0.1, -0.05) is 0 Å². The molecular formula is C11H14IN3O. The van der Waals surface area contributed by atoms with Crippen molar-refractivity contribution in [3.63, 3.8) is 0 Å². The summed E-state index contributed by atoms with van der Waals surface area (Å²) in [4.78, 5) is 17.8. The largest absolute Gasteiger partial charge is 0.308 e. The molecule has 0 aromatic carbocycles. The van der Waals surface area contributed by atoms with Crippen LogP contribution in [0.2, 0.25) is 0 Å². The Morgan fingerprint density at radius 1 is 1.50 bits per heavy atom. The Bertz CT molecular complexity index is 402. The zero-order valence-corrected chi connectivity index (χ0v) is 11.5. The standard InChI is InChI=1S/C11H14IN3O/c1-11(2)7-15(10(16)6-14-11)8-3-4-9(12)13-5-8/h3-5,14H,6-7H2,1-2H3. The second-order valence-corrected chi connectivity index (χ2v) is 5.66. The lowest BCUT2D eigenvalue weighted by Crippen LogP contribution is -2.60. The zero-order valence-electron chi connectivity index (χ0n) is 9.33. The number of halogens is 1. The van der Waals surface area contributed by atoms with Gasteiger partial charge in [-0.25, -0.2) is 4.98 Å². The minimum atomic E-state index is -0.0447. The number of carbonyl (C=O) groups is 1. The van der Waals surface area contributed by atoms with Crippen LogP contribution in [-0.2, 0) is 4.79 Å². The smallest absolute Gasteiger partial charge is 0.241 e. The van der Waals surface area contributed by atoms with Crippen molar-refractivity contribution >= 4 is 34.2 Å². The molecule has 1 aliphatic rings. The lowest BCUT2D eigenvalue weighted by molar-refractivity contribution is -0.119. The molecule has 5 heteroatoms. The Balaban J connectivity index is 2.25. The molecule has 2 heterocycles. The number of nitrogens with zero attached hydrogens (tertiary/aromatic N) is 2. The predicted molar refractivity (Wildman–Crippen MR) is 71.4 cm³/mol. The zero-order chi connectivity index (χ0) is 11.8. The summed E-state index contributed by atoms with van der Waals surface area (Å²) in [7, 11) is 0. The summed E-state index contributed by atoms with van der Waals surface area (Å²) in [5.74, 6) is 0.0994. The fraction of sp³-hybridized carbons (Fsp3) is 0.455. The van der Waals surface area contributed by atoms with Crippen molar-refractivity contribution in [3.8, 4) is 0 Å². The minimum absolute atomic E-state index is 0.0447. The highest BCUT2D eigenvalue weighted by Gasteiger charge is 2.31. The summed E-state index contributed by atoms with van der Waals surface area (Å²) in [6.45, 7) is 5.24. The third kappa shape index (κ3) is 2.52. The highest BCUT2D eigenvalue weighted by Crippen LogP contribution is 2.20. The number of amides is 1. The van der Waals surface area contributed by atoms with Gasteiger partial charge in [-0.2, -0.15) is 0 Å². The molecule has 86 valence electrons. The van der Waals surface area contributed by atoms with E-state index in [1.165, 1.54) is 0 Å². The van der Waals surface area contributed by atoms with Crippen molar-refractivity contribution in [2.75, 3.05) is 18.0 Å². The summed E-state index contributed by atoms with van der Waals surface area (Å²) in [6.07, 6.45) is 1.75. The number of pyridine rings is 1. The molecule has 4 nitrogen and oxygen atoms in total. The fourth-order valence-electron chi connectivity index (χ4n) is 1.71. The minimum Gasteiger partial charge on any atom is -0.308 e. The van der Waals surface area contributed by atoms with Gasteiger partial charge in [0.2, 0.25) is 5.91 Å². The molecule has 1 saturated heterocycles. The molecule has 0 spiro atoms. The van der Waals surface area contributed by atoms with Gasteiger partial charge in [-0.15, -0.1) is 0 Å². The van der Waals surface area contributed by atoms with Crippen molar-refractivity contribution in [2.24, 2.45) is 0 Å². The van der Waals surface area contributed by atoms with Crippen LogP contribution in [0.25, 0.3) is 0 Å². The van der Waals surface area contributed by atoms with E-state index in [-0.39, 0.29) is 11.4 Å². The van der Waals surface area contributed by atoms with Gasteiger partial charge in [0.1, 0.15) is 3.70 Å². The molecule has 1 N–H and O–H groups in total. The Morgan fingerprint density at radius 2 is 2.25 bits per heavy atom. The van der Waals surface area contributed by atoms with Gasteiger partial charge in [0.25, 0.3) is 0 Å². The van der Waals surface area contributed by atoms with Gasteiger partial charge < -0.3 is 10.2 Å². The van der Waals surface area contributed by atoms with Crippen LogP contribution in [-0.4, -0.2) is 29.5 Å². The molecule has 16 heavy (non-hydrogen) atoms. The highest BCUT2D eigenvalue weighted by molar-refractivity contribution is 14.1. The summed E-state index contributed by atoms with van der Waals surface area (Å²) in [5, 5.41) is 3.21. The van der Waals surface area contributed by atoms with Crippen LogP contribution < -0.4 is 10.2 Å². The first kappa shape index (κ1) is 11.8. The number of aromatic nitrogens is 1. The number of hydrogen-bond donors (Lipinski definition) is 1. The van der Waals surface area contributed by atoms with Crippen LogP contribution in [0, 0.1) is 3.70 Å². The molecule has 0 unspecified atom stereocenters. The average Bonchev–Trinajstić information content (AvgIpc) is 2.23. The second kappa shape index (κ2) is 4.29. The molecule has 1 aromatic heterocycles. The molecule has 0 saturated carbocycles. The number of rotatable bonds is 1. The molecule has 0 aliphatic carbocycles. The van der Waals surface area contributed by atoms with Gasteiger partial charge in [-0.3, -0.25) is 4.79 Å². The van der Waals surface area contributed by atoms with Gasteiger partial charge in [0, 0.05) is 12.1 Å². The number of anilines is 1. The molecular weight excluding hydrogens is 317 g/mol. The maximum absolute atomic E-state index is 11.8. The molecule has 2 rings (SSSR count). The lowest BCUT2D eigenvalue weighted by atomic mass is 10.0. The Morgan fingerprint density at radius 3 is 2.88 bits per heavy atom. The molecule has 0 atom stereocenters. The van der Waals surface area contributed by atoms with E-state index >= 15 is 0 Å². The van der Waals surface area contributed by atoms with Crippen molar-refractivity contribution in [1.29, 1.82) is 0 Å². The van der Waals surface area contributed by atoms with Crippen LogP contribution in [0.3, 0.4) is 0 Å². The fourth-order valence-corrected chi connectivity index (χ4v) is 2.03. The number of piperazine rings is 1. The van der Waals surface area contributed by atoms with Gasteiger partial charge in [-0.05, 0) is 48.6 Å². The summed E-state index contributed by atoms with van der Waals surface area (Å²) in [5.41, 5.74) is 0.830. The van der Waals surface area contributed by atoms with Crippen molar-refractivity contribution < 1.29 is 4.79 Å². The van der Waals surface area contributed by atoms with Crippen molar-refractivity contribution in [1.82, 2.24) is 10.3 Å². The van der Waals surface area contributed by atoms with E-state index in [9.17, 15) is 4.79 Å². The van der Waals surface area contributed by atoms with Crippen LogP contribution in [0.5, 0.6) is 0 Å². The molecule has 0 radical (unpaired) electrons. The summed E-state index contributed by atoms with van der Waals surface area (Å²) < 4.78 is 0.934. The molecule has 1 fully saturated rings. The maximum atomic E-state index is 11.8. The SMILES string of the molecule is CC1(C)CN(c2ccc(I)nc2)C(=O)CN1. The predicted octanol–water partition coefficient (Wildman–Crippen LogP) is 1.40. The highest BCUT2D eigenvalue weighted by atomic mass is 127. The molecule has 1 amide bonds. The van der Waals surface area contributed by atoms with Gasteiger partial charge in [0.15, 0.2) is 0 Å². The van der Waals surface area contributed by atoms with Crippen LogP contribution in [0.15, 0.2) is 18.3 Å². The van der Waals surface area contributed by atoms with E-state index in [1.54, 1.807) is 11.1 Å². The first-order chi connectivity index (χ1) is 7.48. The van der Waals surface area contributed by atoms with E-state index in [2.05, 4.69) is 46.7 Å². The molecule has 1 aliphatic heterocycles. The lowest BCUT2D eigenvalue weighted by Gasteiger charge is -2.38. The van der Waals surface area contributed by atoms with Crippen LogP contribution in [0.4, 0.5) is 5.69 Å². The van der Waals surface area contributed by atoms with Crippen molar-refractivity contribution in [2.45, 2.75) is 19.4 Å². The first-order valence-electron chi connectivity index (χ1n) is 5.15. The number of nitrogens with one attached hydrogen (secondary N) is 1. The third-order valence-corrected chi connectivity index (χ3v) is 3.23. The molecule has 0 bridgehead atoms. The monoisotopic (exact) mass is 331 g/mol. The summed E-state index contributed by atoms with van der Waals surface area (Å²) in [6, 6.07) is 3.85. The van der Waals surface area contributed by atoms with E-state index in [1.807, 2.05) is 12.1 Å². The van der Waals surface area contributed by atoms with Crippen molar-refractivity contribution in [3.05, 3.63) is 22.0 Å². The third-order valence-electron chi connectivity index (χ3n) is 2.60. The Kier molecular flexibility index (Phi) is 3.16. The quantitative estimate of drug-likeness (QED) is 0.625. The van der Waals surface area contributed by atoms with Gasteiger partial charge in [0.05, 0.1) is 18.4 Å². The second-order valence-electron chi connectivity index (χ2n) is 4.56. The van der Waals surface area contributed by atoms with E-state index in [0.717, 1.165) is 9.39 Å². The molecule has 1 aromatic rings. The Hall–Kier alpha value is -0.690. The van der Waals surface area contributed by atoms with E-state index in [4.69, 9.17) is 0 Å². The number of carbonyl (C=O) groups excluding carboxylic acids is 1. The maximum Gasteiger partial charge on any atom is 0.241 e. The van der Waals surface area contributed by atoms with Gasteiger partial charge >= 0.3 is 0 Å². The van der Waals surface area contributed by atoms with Crippen LogP contribution >= 0.6 is 22.6 Å².